The molecule has 1 N–H and O–H groups in total. The van der Waals surface area contributed by atoms with E-state index in [1.165, 1.54) is 32.4 Å². The zero-order valence-corrected chi connectivity index (χ0v) is 11.3. The lowest BCUT2D eigenvalue weighted by Crippen LogP contribution is -2.31. The molecule has 1 atom stereocenters. The average Bonchev–Trinajstić information content (AvgIpc) is 2.95. The molecule has 0 unspecified atom stereocenters. The lowest BCUT2D eigenvalue weighted by atomic mass is 10.1. The number of nitrogens with zero attached hydrogens (tertiary/aromatic N) is 1. The van der Waals surface area contributed by atoms with Crippen molar-refractivity contribution < 1.29 is 9.21 Å². The second-order valence-corrected chi connectivity index (χ2v) is 5.76. The third-order valence-electron chi connectivity index (χ3n) is 4.15. The third-order valence-corrected chi connectivity index (χ3v) is 4.15. The molecule has 4 heteroatoms. The van der Waals surface area contributed by atoms with Crippen LogP contribution in [0.1, 0.15) is 31.4 Å². The van der Waals surface area contributed by atoms with Gasteiger partial charge in [0.05, 0.1) is 6.26 Å². The molecule has 0 aromatic carbocycles. The third kappa shape index (κ3) is 3.60. The van der Waals surface area contributed by atoms with Gasteiger partial charge in [0.1, 0.15) is 5.76 Å². The van der Waals surface area contributed by atoms with Crippen molar-refractivity contribution in [2.75, 3.05) is 19.6 Å². The normalized spacial score (nSPS) is 23.7. The van der Waals surface area contributed by atoms with Crippen LogP contribution >= 0.6 is 0 Å². The molecule has 4 nitrogen and oxygen atoms in total. The van der Waals surface area contributed by atoms with Crippen molar-refractivity contribution in [1.82, 2.24) is 10.2 Å². The van der Waals surface area contributed by atoms with Crippen molar-refractivity contribution in [1.29, 1.82) is 0 Å². The molecule has 1 saturated heterocycles. The lowest BCUT2D eigenvalue weighted by Gasteiger charge is -2.15. The summed E-state index contributed by atoms with van der Waals surface area (Å²) < 4.78 is 5.22. The molecule has 0 spiro atoms. The van der Waals surface area contributed by atoms with Gasteiger partial charge in [0.15, 0.2) is 0 Å². The summed E-state index contributed by atoms with van der Waals surface area (Å²) in [6.07, 6.45) is 6.85. The maximum atomic E-state index is 11.8. The van der Waals surface area contributed by atoms with Gasteiger partial charge < -0.3 is 14.6 Å². The Kier molecular flexibility index (Phi) is 3.87. The number of rotatable bonds is 6. The number of aryl methyl sites for hydroxylation is 1. The molecule has 19 heavy (non-hydrogen) atoms. The smallest absolute Gasteiger partial charge is 0.220 e. The van der Waals surface area contributed by atoms with E-state index in [1.807, 2.05) is 12.1 Å². The summed E-state index contributed by atoms with van der Waals surface area (Å²) in [4.78, 5) is 14.3. The molecule has 1 amide bonds. The number of hydrogen-bond donors (Lipinski definition) is 1. The van der Waals surface area contributed by atoms with Gasteiger partial charge >= 0.3 is 0 Å². The number of furan rings is 1. The van der Waals surface area contributed by atoms with Gasteiger partial charge in [-0.2, -0.15) is 0 Å². The monoisotopic (exact) mass is 262 g/mol. The van der Waals surface area contributed by atoms with Crippen LogP contribution in [-0.4, -0.2) is 36.5 Å². The second-order valence-electron chi connectivity index (χ2n) is 5.76. The van der Waals surface area contributed by atoms with Crippen LogP contribution < -0.4 is 5.32 Å². The minimum absolute atomic E-state index is 0.140. The van der Waals surface area contributed by atoms with Crippen LogP contribution in [0, 0.1) is 5.92 Å². The van der Waals surface area contributed by atoms with Gasteiger partial charge in [-0.05, 0) is 43.9 Å². The standard InChI is InChI=1S/C15H22N2O2/c18-15(6-5-14-2-1-9-19-14)16-10-12-7-8-17(11-12)13-3-4-13/h1-2,9,12-13H,3-8,10-11H2,(H,16,18)/t12-/m1/s1. The average molecular weight is 262 g/mol. The number of carbonyl (C=O) groups is 1. The van der Waals surface area contributed by atoms with Crippen LogP contribution in [0.3, 0.4) is 0 Å². The summed E-state index contributed by atoms with van der Waals surface area (Å²) in [5, 5.41) is 3.06. The zero-order valence-electron chi connectivity index (χ0n) is 11.3. The molecule has 104 valence electrons. The molecule has 3 rings (SSSR count). The van der Waals surface area contributed by atoms with E-state index in [-0.39, 0.29) is 5.91 Å². The maximum absolute atomic E-state index is 11.8. The van der Waals surface area contributed by atoms with Crippen LogP contribution in [0.25, 0.3) is 0 Å². The molecule has 1 aromatic rings. The van der Waals surface area contributed by atoms with Crippen LogP contribution in [0.2, 0.25) is 0 Å². The van der Waals surface area contributed by atoms with Crippen molar-refractivity contribution in [2.45, 2.75) is 38.1 Å². The molecule has 2 aliphatic rings. The molecule has 1 aromatic heterocycles. The lowest BCUT2D eigenvalue weighted by molar-refractivity contribution is -0.121. The van der Waals surface area contributed by atoms with Crippen molar-refractivity contribution >= 4 is 5.91 Å². The van der Waals surface area contributed by atoms with Gasteiger partial charge in [0.2, 0.25) is 5.91 Å². The quantitative estimate of drug-likeness (QED) is 0.850. The summed E-state index contributed by atoms with van der Waals surface area (Å²) in [6.45, 7) is 3.22. The van der Waals surface area contributed by atoms with Crippen molar-refractivity contribution in [3.8, 4) is 0 Å². The van der Waals surface area contributed by atoms with Crippen LogP contribution in [0.15, 0.2) is 22.8 Å². The molecule has 2 heterocycles. The van der Waals surface area contributed by atoms with E-state index < -0.39 is 0 Å². The summed E-state index contributed by atoms with van der Waals surface area (Å²) in [5.41, 5.74) is 0. The topological polar surface area (TPSA) is 45.5 Å². The molecular weight excluding hydrogens is 240 g/mol. The van der Waals surface area contributed by atoms with Gasteiger partial charge in [0.25, 0.3) is 0 Å². The van der Waals surface area contributed by atoms with Crippen molar-refractivity contribution in [3.05, 3.63) is 24.2 Å². The highest BCUT2D eigenvalue weighted by Crippen LogP contribution is 2.31. The minimum atomic E-state index is 0.140. The Bertz CT molecular complexity index is 412. The number of nitrogens with one attached hydrogen (secondary N) is 1. The first-order valence-electron chi connectivity index (χ1n) is 7.34. The molecule has 2 fully saturated rings. The van der Waals surface area contributed by atoms with Crippen molar-refractivity contribution in [2.24, 2.45) is 5.92 Å². The summed E-state index contributed by atoms with van der Waals surface area (Å²) >= 11 is 0. The summed E-state index contributed by atoms with van der Waals surface area (Å²) in [7, 11) is 0. The fourth-order valence-electron chi connectivity index (χ4n) is 2.84. The Balaban J connectivity index is 1.32. The second kappa shape index (κ2) is 5.78. The van der Waals surface area contributed by atoms with Gasteiger partial charge in [0, 0.05) is 32.0 Å². The highest BCUT2D eigenvalue weighted by atomic mass is 16.3. The van der Waals surface area contributed by atoms with E-state index in [9.17, 15) is 4.79 Å². The SMILES string of the molecule is O=C(CCc1ccco1)NC[C@H]1CCN(C2CC2)C1. The Morgan fingerprint density at radius 1 is 1.42 bits per heavy atom. The fourth-order valence-corrected chi connectivity index (χ4v) is 2.84. The molecule has 0 radical (unpaired) electrons. The molecule has 1 aliphatic heterocycles. The first kappa shape index (κ1) is 12.7. The van der Waals surface area contributed by atoms with Gasteiger partial charge in [-0.15, -0.1) is 0 Å². The molecular formula is C15H22N2O2. The van der Waals surface area contributed by atoms with Crippen molar-refractivity contribution in [3.63, 3.8) is 0 Å². The van der Waals surface area contributed by atoms with Crippen LogP contribution in [0.4, 0.5) is 0 Å². The minimum Gasteiger partial charge on any atom is -0.469 e. The number of amides is 1. The van der Waals surface area contributed by atoms with E-state index >= 15 is 0 Å². The summed E-state index contributed by atoms with van der Waals surface area (Å²) in [6, 6.07) is 4.63. The largest absolute Gasteiger partial charge is 0.469 e. The highest BCUT2D eigenvalue weighted by molar-refractivity contribution is 5.76. The zero-order chi connectivity index (χ0) is 13.1. The highest BCUT2D eigenvalue weighted by Gasteiger charge is 2.34. The van der Waals surface area contributed by atoms with Gasteiger partial charge in [-0.1, -0.05) is 0 Å². The van der Waals surface area contributed by atoms with E-state index in [1.54, 1.807) is 6.26 Å². The predicted octanol–water partition coefficient (Wildman–Crippen LogP) is 1.81. The van der Waals surface area contributed by atoms with E-state index in [0.29, 0.717) is 18.8 Å². The van der Waals surface area contributed by atoms with Crippen LogP contribution in [0.5, 0.6) is 0 Å². The Morgan fingerprint density at radius 2 is 2.32 bits per heavy atom. The van der Waals surface area contributed by atoms with E-state index in [0.717, 1.165) is 18.3 Å². The Hall–Kier alpha value is -1.29. The number of carbonyl (C=O) groups excluding carboxylic acids is 1. The summed E-state index contributed by atoms with van der Waals surface area (Å²) in [5.74, 6) is 1.67. The predicted molar refractivity (Wildman–Crippen MR) is 72.7 cm³/mol. The first-order valence-corrected chi connectivity index (χ1v) is 7.34. The number of likely N-dealkylation sites (tertiary alicyclic amines) is 1. The van der Waals surface area contributed by atoms with Gasteiger partial charge in [-0.25, -0.2) is 0 Å². The van der Waals surface area contributed by atoms with Crippen LogP contribution in [-0.2, 0) is 11.2 Å². The fraction of sp³-hybridized carbons (Fsp3) is 0.667. The van der Waals surface area contributed by atoms with Gasteiger partial charge in [-0.3, -0.25) is 4.79 Å². The number of hydrogen-bond acceptors (Lipinski definition) is 3. The molecule has 1 saturated carbocycles. The van der Waals surface area contributed by atoms with E-state index in [2.05, 4.69) is 10.2 Å². The maximum Gasteiger partial charge on any atom is 0.220 e. The van der Waals surface area contributed by atoms with E-state index in [4.69, 9.17) is 4.42 Å². The Labute approximate surface area is 114 Å². The first-order chi connectivity index (χ1) is 9.31. The molecule has 1 aliphatic carbocycles. The molecule has 0 bridgehead atoms. The Morgan fingerprint density at radius 3 is 3.05 bits per heavy atom.